The Morgan fingerprint density at radius 3 is 2.35 bits per heavy atom. The van der Waals surface area contributed by atoms with Gasteiger partial charge in [0.25, 0.3) is 0 Å². The summed E-state index contributed by atoms with van der Waals surface area (Å²) in [6.45, 7) is 1.53. The number of carbonyl (C=O) groups excluding carboxylic acids is 1. The van der Waals surface area contributed by atoms with E-state index in [1.54, 1.807) is 0 Å². The minimum absolute atomic E-state index is 0.0979. The zero-order valence-electron chi connectivity index (χ0n) is 9.31. The highest BCUT2D eigenvalue weighted by atomic mass is 16.4. The van der Waals surface area contributed by atoms with Crippen LogP contribution in [0, 0.1) is 5.92 Å². The maximum atomic E-state index is 11.5. The lowest BCUT2D eigenvalue weighted by Crippen LogP contribution is -2.47. The summed E-state index contributed by atoms with van der Waals surface area (Å²) in [7, 11) is 0. The predicted octanol–water partition coefficient (Wildman–Crippen LogP) is -0.970. The van der Waals surface area contributed by atoms with Crippen molar-refractivity contribution < 1.29 is 24.6 Å². The molecule has 0 aromatic carbocycles. The van der Waals surface area contributed by atoms with Gasteiger partial charge < -0.3 is 20.8 Å². The van der Waals surface area contributed by atoms with Crippen LogP contribution in [0.2, 0.25) is 0 Å². The van der Waals surface area contributed by atoms with Gasteiger partial charge in [0.2, 0.25) is 5.91 Å². The Morgan fingerprint density at radius 1 is 1.29 bits per heavy atom. The van der Waals surface area contributed by atoms with Crippen LogP contribution in [0.3, 0.4) is 0 Å². The molecule has 1 heterocycles. The fraction of sp³-hybridized carbons (Fsp3) is 0.700. The molecule has 1 aliphatic heterocycles. The summed E-state index contributed by atoms with van der Waals surface area (Å²) in [5.41, 5.74) is 0. The van der Waals surface area contributed by atoms with E-state index in [9.17, 15) is 14.4 Å². The van der Waals surface area contributed by atoms with Gasteiger partial charge >= 0.3 is 11.9 Å². The number of hydrogen-bond acceptors (Lipinski definition) is 4. The van der Waals surface area contributed by atoms with E-state index in [2.05, 4.69) is 10.6 Å². The number of nitrogens with one attached hydrogen (secondary N) is 2. The number of amides is 1. The fourth-order valence-electron chi connectivity index (χ4n) is 1.53. The topological polar surface area (TPSA) is 116 Å². The molecule has 1 atom stereocenters. The van der Waals surface area contributed by atoms with Crippen LogP contribution in [0.25, 0.3) is 0 Å². The first-order valence-electron chi connectivity index (χ1n) is 5.43. The number of carboxylic acid groups (broad SMARTS) is 2. The maximum Gasteiger partial charge on any atom is 0.326 e. The van der Waals surface area contributed by atoms with Gasteiger partial charge in [0.05, 0.1) is 0 Å². The standard InChI is InChI=1S/C10H16N2O5/c13-8(3-6-4-11-5-6)12-7(10(16)17)1-2-9(14)15/h6-7,11H,1-5H2,(H,12,13)(H,14,15)(H,16,17)/t7-/m0/s1. The Morgan fingerprint density at radius 2 is 1.94 bits per heavy atom. The quantitative estimate of drug-likeness (QED) is 0.458. The second-order valence-corrected chi connectivity index (χ2v) is 4.12. The van der Waals surface area contributed by atoms with E-state index in [0.717, 1.165) is 13.1 Å². The third kappa shape index (κ3) is 4.81. The van der Waals surface area contributed by atoms with Crippen molar-refractivity contribution >= 4 is 17.8 Å². The van der Waals surface area contributed by atoms with Gasteiger partial charge in [-0.05, 0) is 25.4 Å². The van der Waals surface area contributed by atoms with Crippen LogP contribution in [-0.4, -0.2) is 47.2 Å². The molecule has 1 rings (SSSR count). The molecule has 1 amide bonds. The van der Waals surface area contributed by atoms with Crippen molar-refractivity contribution in [3.05, 3.63) is 0 Å². The summed E-state index contributed by atoms with van der Waals surface area (Å²) >= 11 is 0. The van der Waals surface area contributed by atoms with E-state index in [1.165, 1.54) is 0 Å². The summed E-state index contributed by atoms with van der Waals surface area (Å²) in [4.78, 5) is 32.6. The van der Waals surface area contributed by atoms with E-state index in [0.29, 0.717) is 0 Å². The summed E-state index contributed by atoms with van der Waals surface area (Å²) < 4.78 is 0. The summed E-state index contributed by atoms with van der Waals surface area (Å²) in [6, 6.07) is -1.12. The predicted molar refractivity (Wildman–Crippen MR) is 57.4 cm³/mol. The molecule has 1 aliphatic rings. The molecule has 0 spiro atoms. The lowest BCUT2D eigenvalue weighted by Gasteiger charge is -2.26. The Balaban J connectivity index is 2.33. The van der Waals surface area contributed by atoms with Crippen molar-refractivity contribution in [1.82, 2.24) is 10.6 Å². The highest BCUT2D eigenvalue weighted by molar-refractivity contribution is 5.84. The second-order valence-electron chi connectivity index (χ2n) is 4.12. The first-order chi connectivity index (χ1) is 7.99. The van der Waals surface area contributed by atoms with E-state index >= 15 is 0 Å². The monoisotopic (exact) mass is 244 g/mol. The van der Waals surface area contributed by atoms with Gasteiger partial charge in [-0.2, -0.15) is 0 Å². The van der Waals surface area contributed by atoms with Gasteiger partial charge in [-0.1, -0.05) is 0 Å². The molecule has 0 bridgehead atoms. The second kappa shape index (κ2) is 6.19. The third-order valence-electron chi connectivity index (χ3n) is 2.62. The van der Waals surface area contributed by atoms with Crippen molar-refractivity contribution in [3.8, 4) is 0 Å². The minimum atomic E-state index is -1.20. The van der Waals surface area contributed by atoms with Crippen molar-refractivity contribution in [2.24, 2.45) is 5.92 Å². The molecule has 1 saturated heterocycles. The molecule has 0 aromatic heterocycles. The number of rotatable bonds is 7. The SMILES string of the molecule is O=C(O)CC[C@H](NC(=O)CC1CNC1)C(=O)O. The van der Waals surface area contributed by atoms with E-state index in [-0.39, 0.29) is 31.1 Å². The summed E-state index contributed by atoms with van der Waals surface area (Å²) in [5, 5.41) is 22.6. The van der Waals surface area contributed by atoms with Crippen LogP contribution in [0.4, 0.5) is 0 Å². The molecule has 0 saturated carbocycles. The molecule has 1 fully saturated rings. The largest absolute Gasteiger partial charge is 0.481 e. The Hall–Kier alpha value is -1.63. The zero-order valence-corrected chi connectivity index (χ0v) is 9.31. The first kappa shape index (κ1) is 13.4. The van der Waals surface area contributed by atoms with E-state index in [1.807, 2.05) is 0 Å². The summed E-state index contributed by atoms with van der Waals surface area (Å²) in [5.74, 6) is -2.36. The third-order valence-corrected chi connectivity index (χ3v) is 2.62. The molecule has 7 nitrogen and oxygen atoms in total. The molecular formula is C10H16N2O5. The molecule has 17 heavy (non-hydrogen) atoms. The number of carbonyl (C=O) groups is 3. The summed E-state index contributed by atoms with van der Waals surface area (Å²) in [6.07, 6.45) is -0.0919. The maximum absolute atomic E-state index is 11.5. The van der Waals surface area contributed by atoms with Crippen LogP contribution in [-0.2, 0) is 14.4 Å². The Labute approximate surface area is 98.2 Å². The normalized spacial score (nSPS) is 16.9. The van der Waals surface area contributed by atoms with E-state index in [4.69, 9.17) is 10.2 Å². The van der Waals surface area contributed by atoms with Gasteiger partial charge in [0.15, 0.2) is 0 Å². The van der Waals surface area contributed by atoms with Gasteiger partial charge in [-0.25, -0.2) is 4.79 Å². The van der Waals surface area contributed by atoms with Gasteiger partial charge in [0, 0.05) is 12.8 Å². The zero-order chi connectivity index (χ0) is 12.8. The van der Waals surface area contributed by atoms with Crippen molar-refractivity contribution in [3.63, 3.8) is 0 Å². The molecule has 0 aliphatic carbocycles. The molecule has 0 unspecified atom stereocenters. The molecule has 0 radical (unpaired) electrons. The average molecular weight is 244 g/mol. The molecule has 0 aromatic rings. The minimum Gasteiger partial charge on any atom is -0.481 e. The van der Waals surface area contributed by atoms with E-state index < -0.39 is 18.0 Å². The van der Waals surface area contributed by atoms with Crippen molar-refractivity contribution in [2.45, 2.75) is 25.3 Å². The van der Waals surface area contributed by atoms with Gasteiger partial charge in [-0.3, -0.25) is 9.59 Å². The Bertz CT molecular complexity index is 314. The molecular weight excluding hydrogens is 228 g/mol. The molecule has 4 N–H and O–H groups in total. The first-order valence-corrected chi connectivity index (χ1v) is 5.43. The average Bonchev–Trinajstić information content (AvgIpc) is 2.17. The molecule has 7 heteroatoms. The highest BCUT2D eigenvalue weighted by Crippen LogP contribution is 2.08. The highest BCUT2D eigenvalue weighted by Gasteiger charge is 2.24. The fourth-order valence-corrected chi connectivity index (χ4v) is 1.53. The van der Waals surface area contributed by atoms with Crippen LogP contribution in [0.1, 0.15) is 19.3 Å². The van der Waals surface area contributed by atoms with Crippen LogP contribution in [0.5, 0.6) is 0 Å². The lowest BCUT2D eigenvalue weighted by atomic mass is 9.98. The van der Waals surface area contributed by atoms with Crippen LogP contribution in [0.15, 0.2) is 0 Å². The van der Waals surface area contributed by atoms with Gasteiger partial charge in [0.1, 0.15) is 6.04 Å². The number of aliphatic carboxylic acids is 2. The van der Waals surface area contributed by atoms with Crippen molar-refractivity contribution in [1.29, 1.82) is 0 Å². The number of hydrogen-bond donors (Lipinski definition) is 4. The smallest absolute Gasteiger partial charge is 0.326 e. The van der Waals surface area contributed by atoms with Gasteiger partial charge in [-0.15, -0.1) is 0 Å². The lowest BCUT2D eigenvalue weighted by molar-refractivity contribution is -0.143. The van der Waals surface area contributed by atoms with Crippen LogP contribution < -0.4 is 10.6 Å². The number of carboxylic acids is 2. The Kier molecular flexibility index (Phi) is 4.89. The van der Waals surface area contributed by atoms with Crippen LogP contribution >= 0.6 is 0 Å². The molecule has 96 valence electrons. The van der Waals surface area contributed by atoms with Crippen molar-refractivity contribution in [2.75, 3.05) is 13.1 Å².